The molecule has 2 aromatic carbocycles. The number of ether oxygens (including phenoxy) is 1. The van der Waals surface area contributed by atoms with Crippen molar-refractivity contribution < 1.29 is 31.2 Å². The van der Waals surface area contributed by atoms with Crippen LogP contribution in [-0.2, 0) is 29.6 Å². The van der Waals surface area contributed by atoms with Gasteiger partial charge < -0.3 is 10.1 Å². The second-order valence-corrected chi connectivity index (χ2v) is 11.6. The first-order valence-corrected chi connectivity index (χ1v) is 12.9. The normalized spacial score (nSPS) is 17.2. The molecule has 0 unspecified atom stereocenters. The summed E-state index contributed by atoms with van der Waals surface area (Å²) >= 11 is 0. The first-order valence-electron chi connectivity index (χ1n) is 10.0. The van der Waals surface area contributed by atoms with Crippen molar-refractivity contribution >= 4 is 37.6 Å². The molecule has 1 N–H and O–H groups in total. The van der Waals surface area contributed by atoms with Crippen LogP contribution in [0.25, 0.3) is 0 Å². The standard InChI is InChI=1S/C21H25N3O7S2/c1-23(2)32(27,28)16-12-10-15(11-13-16)20(25)22-17-7-4-5-9-19(17)33(29,30)24-14-6-8-18(24)21(26)31-3/h4-5,7,9-13,18H,6,8,14H2,1-3H3,(H,22,25)/t18-/m0/s1. The fourth-order valence-corrected chi connectivity index (χ4v) is 6.20. The Morgan fingerprint density at radius 1 is 1.03 bits per heavy atom. The van der Waals surface area contributed by atoms with Gasteiger partial charge in [0.05, 0.1) is 17.7 Å². The van der Waals surface area contributed by atoms with Crippen LogP contribution >= 0.6 is 0 Å². The largest absolute Gasteiger partial charge is 0.468 e. The van der Waals surface area contributed by atoms with E-state index in [1.54, 1.807) is 6.07 Å². The van der Waals surface area contributed by atoms with Crippen LogP contribution in [0, 0.1) is 0 Å². The molecule has 10 nitrogen and oxygen atoms in total. The summed E-state index contributed by atoms with van der Waals surface area (Å²) in [5.74, 6) is -1.25. The van der Waals surface area contributed by atoms with Gasteiger partial charge in [-0.05, 0) is 49.2 Å². The Hall–Kier alpha value is -2.80. The van der Waals surface area contributed by atoms with Crippen LogP contribution in [-0.4, -0.2) is 71.1 Å². The number of para-hydroxylation sites is 1. The van der Waals surface area contributed by atoms with Gasteiger partial charge in [-0.15, -0.1) is 0 Å². The van der Waals surface area contributed by atoms with Crippen LogP contribution in [0.4, 0.5) is 5.69 Å². The third kappa shape index (κ3) is 4.93. The van der Waals surface area contributed by atoms with Crippen molar-refractivity contribution in [2.45, 2.75) is 28.7 Å². The summed E-state index contributed by atoms with van der Waals surface area (Å²) in [6.07, 6.45) is 0.859. The van der Waals surface area contributed by atoms with E-state index in [4.69, 9.17) is 4.74 Å². The van der Waals surface area contributed by atoms with E-state index in [-0.39, 0.29) is 27.6 Å². The number of amides is 1. The number of nitrogens with zero attached hydrogens (tertiary/aromatic N) is 2. The van der Waals surface area contributed by atoms with E-state index in [0.29, 0.717) is 12.8 Å². The molecule has 0 radical (unpaired) electrons. The highest BCUT2D eigenvalue weighted by Gasteiger charge is 2.41. The number of sulfonamides is 2. The zero-order chi connectivity index (χ0) is 24.4. The van der Waals surface area contributed by atoms with Crippen LogP contribution in [0.3, 0.4) is 0 Å². The minimum atomic E-state index is -4.10. The first-order chi connectivity index (χ1) is 15.5. The third-order valence-corrected chi connectivity index (χ3v) is 9.09. The average molecular weight is 496 g/mol. The maximum Gasteiger partial charge on any atom is 0.324 e. The van der Waals surface area contributed by atoms with Gasteiger partial charge in [-0.3, -0.25) is 9.59 Å². The number of carbonyl (C=O) groups is 2. The van der Waals surface area contributed by atoms with Gasteiger partial charge in [-0.25, -0.2) is 21.1 Å². The number of rotatable bonds is 7. The Kier molecular flexibility index (Phi) is 7.22. The maximum atomic E-state index is 13.3. The molecule has 1 heterocycles. The van der Waals surface area contributed by atoms with Gasteiger partial charge in [-0.2, -0.15) is 4.31 Å². The van der Waals surface area contributed by atoms with Crippen LogP contribution in [0.15, 0.2) is 58.3 Å². The second kappa shape index (κ2) is 9.59. The number of benzene rings is 2. The van der Waals surface area contributed by atoms with Crippen molar-refractivity contribution in [3.05, 3.63) is 54.1 Å². The second-order valence-electron chi connectivity index (χ2n) is 7.56. The highest BCUT2D eigenvalue weighted by atomic mass is 32.2. The van der Waals surface area contributed by atoms with Crippen molar-refractivity contribution in [3.63, 3.8) is 0 Å². The molecule has 1 aliphatic rings. The molecule has 33 heavy (non-hydrogen) atoms. The summed E-state index contributed by atoms with van der Waals surface area (Å²) in [7, 11) is -3.75. The fourth-order valence-electron chi connectivity index (χ4n) is 3.50. The number of esters is 1. The molecule has 0 spiro atoms. The van der Waals surface area contributed by atoms with Gasteiger partial charge in [0.25, 0.3) is 5.91 Å². The predicted octanol–water partition coefficient (Wildman–Crippen LogP) is 1.52. The SMILES string of the molecule is COC(=O)[C@@H]1CCCN1S(=O)(=O)c1ccccc1NC(=O)c1ccc(S(=O)(=O)N(C)C)cc1. The van der Waals surface area contributed by atoms with Crippen molar-refractivity contribution in [1.82, 2.24) is 8.61 Å². The van der Waals surface area contributed by atoms with Crippen molar-refractivity contribution in [3.8, 4) is 0 Å². The van der Waals surface area contributed by atoms with E-state index in [9.17, 15) is 26.4 Å². The first kappa shape index (κ1) is 24.8. The molecule has 0 aromatic heterocycles. The van der Waals surface area contributed by atoms with Crippen LogP contribution in [0.1, 0.15) is 23.2 Å². The predicted molar refractivity (Wildman–Crippen MR) is 121 cm³/mol. The molecular weight excluding hydrogens is 470 g/mol. The van der Waals surface area contributed by atoms with E-state index < -0.39 is 38.0 Å². The van der Waals surface area contributed by atoms with E-state index in [2.05, 4.69) is 5.32 Å². The average Bonchev–Trinajstić information content (AvgIpc) is 3.30. The zero-order valence-electron chi connectivity index (χ0n) is 18.4. The topological polar surface area (TPSA) is 130 Å². The molecule has 1 fully saturated rings. The molecule has 12 heteroatoms. The molecular formula is C21H25N3O7S2. The van der Waals surface area contributed by atoms with Crippen molar-refractivity contribution in [1.29, 1.82) is 0 Å². The highest BCUT2D eigenvalue weighted by molar-refractivity contribution is 7.89. The molecule has 1 atom stereocenters. The lowest BCUT2D eigenvalue weighted by Crippen LogP contribution is -2.41. The summed E-state index contributed by atoms with van der Waals surface area (Å²) in [5.41, 5.74) is 0.191. The molecule has 0 aliphatic carbocycles. The molecule has 2 aromatic rings. The monoisotopic (exact) mass is 495 g/mol. The summed E-state index contributed by atoms with van der Waals surface area (Å²) in [4.78, 5) is 24.7. The number of hydrogen-bond acceptors (Lipinski definition) is 7. The van der Waals surface area contributed by atoms with Gasteiger partial charge in [0.1, 0.15) is 10.9 Å². The van der Waals surface area contributed by atoms with E-state index in [1.807, 2.05) is 0 Å². The summed E-state index contributed by atoms with van der Waals surface area (Å²) in [5, 5.41) is 2.57. The summed E-state index contributed by atoms with van der Waals surface area (Å²) in [6, 6.07) is 10.3. The minimum Gasteiger partial charge on any atom is -0.468 e. The zero-order valence-corrected chi connectivity index (χ0v) is 20.0. The summed E-state index contributed by atoms with van der Waals surface area (Å²) < 4.78 is 57.9. The number of methoxy groups -OCH3 is 1. The Balaban J connectivity index is 1.88. The third-order valence-electron chi connectivity index (χ3n) is 5.29. The Labute approximate surface area is 193 Å². The molecule has 0 bridgehead atoms. The number of nitrogens with one attached hydrogen (secondary N) is 1. The lowest BCUT2D eigenvalue weighted by Gasteiger charge is -2.23. The molecule has 178 valence electrons. The van der Waals surface area contributed by atoms with Gasteiger partial charge in [-0.1, -0.05) is 12.1 Å². The van der Waals surface area contributed by atoms with Crippen LogP contribution < -0.4 is 5.32 Å². The molecule has 3 rings (SSSR count). The Bertz CT molecular complexity index is 1260. The summed E-state index contributed by atoms with van der Waals surface area (Å²) in [6.45, 7) is 0.159. The highest BCUT2D eigenvalue weighted by Crippen LogP contribution is 2.31. The molecule has 0 saturated carbocycles. The van der Waals surface area contributed by atoms with Crippen LogP contribution in [0.5, 0.6) is 0 Å². The molecule has 1 saturated heterocycles. The van der Waals surface area contributed by atoms with Crippen LogP contribution in [0.2, 0.25) is 0 Å². The van der Waals surface area contributed by atoms with E-state index >= 15 is 0 Å². The Morgan fingerprint density at radius 2 is 1.67 bits per heavy atom. The maximum absolute atomic E-state index is 13.3. The number of anilines is 1. The van der Waals surface area contributed by atoms with E-state index in [1.165, 1.54) is 63.7 Å². The van der Waals surface area contributed by atoms with Gasteiger partial charge in [0.2, 0.25) is 20.0 Å². The van der Waals surface area contributed by atoms with Crippen molar-refractivity contribution in [2.75, 3.05) is 33.1 Å². The van der Waals surface area contributed by atoms with Crippen molar-refractivity contribution in [2.24, 2.45) is 0 Å². The van der Waals surface area contributed by atoms with Gasteiger partial charge in [0.15, 0.2) is 0 Å². The lowest BCUT2D eigenvalue weighted by atomic mass is 10.2. The number of carbonyl (C=O) groups excluding carboxylic acids is 2. The van der Waals surface area contributed by atoms with E-state index in [0.717, 1.165) is 8.61 Å². The minimum absolute atomic E-state index is 0.0231. The quantitative estimate of drug-likeness (QED) is 0.576. The number of hydrogen-bond donors (Lipinski definition) is 1. The molecule has 1 aliphatic heterocycles. The Morgan fingerprint density at radius 3 is 2.27 bits per heavy atom. The van der Waals surface area contributed by atoms with Gasteiger partial charge >= 0.3 is 5.97 Å². The lowest BCUT2D eigenvalue weighted by molar-refractivity contribution is -0.144. The van der Waals surface area contributed by atoms with Gasteiger partial charge in [0, 0.05) is 26.2 Å². The smallest absolute Gasteiger partial charge is 0.324 e. The fraction of sp³-hybridized carbons (Fsp3) is 0.333. The molecule has 1 amide bonds.